The summed E-state index contributed by atoms with van der Waals surface area (Å²) < 4.78 is 0. The van der Waals surface area contributed by atoms with Gasteiger partial charge in [-0.2, -0.15) is 0 Å². The summed E-state index contributed by atoms with van der Waals surface area (Å²) in [5.74, 6) is -0.712. The van der Waals surface area contributed by atoms with Crippen molar-refractivity contribution in [3.05, 3.63) is 118 Å². The number of hydrogen-bond acceptors (Lipinski definition) is 2. The molecule has 6 heteroatoms. The van der Waals surface area contributed by atoms with E-state index in [9.17, 15) is 9.59 Å². The molecule has 0 aliphatic carbocycles. The van der Waals surface area contributed by atoms with Crippen LogP contribution >= 0.6 is 23.2 Å². The molecule has 4 rings (SSSR count). The molecule has 0 atom stereocenters. The first-order valence-corrected chi connectivity index (χ1v) is 10.6. The number of carbonyl (C=O) groups excluding carboxylic acids is 2. The molecule has 0 unspecified atom stereocenters. The second kappa shape index (κ2) is 9.69. The van der Waals surface area contributed by atoms with E-state index in [1.54, 1.807) is 48.5 Å². The van der Waals surface area contributed by atoms with Gasteiger partial charge in [-0.3, -0.25) is 9.59 Å². The maximum absolute atomic E-state index is 13.2. The van der Waals surface area contributed by atoms with Gasteiger partial charge in [-0.15, -0.1) is 0 Å². The molecule has 4 aromatic carbocycles. The van der Waals surface area contributed by atoms with Gasteiger partial charge >= 0.3 is 0 Å². The van der Waals surface area contributed by atoms with Crippen LogP contribution < -0.4 is 10.6 Å². The third-order valence-electron chi connectivity index (χ3n) is 4.86. The number of anilines is 2. The maximum Gasteiger partial charge on any atom is 0.257 e. The molecule has 4 aromatic rings. The van der Waals surface area contributed by atoms with Gasteiger partial charge in [-0.05, 0) is 47.5 Å². The van der Waals surface area contributed by atoms with E-state index in [1.165, 1.54) is 0 Å². The quantitative estimate of drug-likeness (QED) is 0.331. The third kappa shape index (κ3) is 4.83. The van der Waals surface area contributed by atoms with Crippen LogP contribution in [-0.4, -0.2) is 11.8 Å². The van der Waals surface area contributed by atoms with E-state index in [4.69, 9.17) is 23.2 Å². The van der Waals surface area contributed by atoms with Crippen LogP contribution in [-0.2, 0) is 0 Å². The first-order chi connectivity index (χ1) is 15.5. The van der Waals surface area contributed by atoms with Gasteiger partial charge in [0, 0.05) is 10.6 Å². The molecule has 0 aliphatic rings. The van der Waals surface area contributed by atoms with Crippen LogP contribution in [0.2, 0.25) is 10.0 Å². The first kappa shape index (κ1) is 21.6. The van der Waals surface area contributed by atoms with Crippen molar-refractivity contribution in [1.82, 2.24) is 0 Å². The Balaban J connectivity index is 1.60. The predicted molar refractivity (Wildman–Crippen MR) is 131 cm³/mol. The fraction of sp³-hybridized carbons (Fsp3) is 0. The minimum Gasteiger partial charge on any atom is -0.321 e. The Hall–Kier alpha value is -3.60. The fourth-order valence-corrected chi connectivity index (χ4v) is 3.77. The van der Waals surface area contributed by atoms with Crippen LogP contribution in [0.3, 0.4) is 0 Å². The van der Waals surface area contributed by atoms with Crippen LogP contribution in [0.4, 0.5) is 11.4 Å². The van der Waals surface area contributed by atoms with Gasteiger partial charge in [-0.1, -0.05) is 83.9 Å². The Labute approximate surface area is 195 Å². The van der Waals surface area contributed by atoms with Gasteiger partial charge in [0.15, 0.2) is 0 Å². The molecular formula is C26H18Cl2N2O2. The van der Waals surface area contributed by atoms with Crippen molar-refractivity contribution in [3.63, 3.8) is 0 Å². The Morgan fingerprint density at radius 1 is 0.594 bits per heavy atom. The number of rotatable bonds is 5. The molecule has 0 fully saturated rings. The number of carbonyl (C=O) groups is 2. The van der Waals surface area contributed by atoms with E-state index < -0.39 is 5.91 Å². The molecule has 0 aromatic heterocycles. The summed E-state index contributed by atoms with van der Waals surface area (Å²) in [6, 6.07) is 28.6. The molecule has 0 spiro atoms. The molecule has 0 saturated heterocycles. The van der Waals surface area contributed by atoms with Crippen molar-refractivity contribution >= 4 is 46.4 Å². The Kier molecular flexibility index (Phi) is 6.55. The van der Waals surface area contributed by atoms with Gasteiger partial charge in [-0.25, -0.2) is 0 Å². The summed E-state index contributed by atoms with van der Waals surface area (Å²) in [4.78, 5) is 26.1. The van der Waals surface area contributed by atoms with E-state index in [-0.39, 0.29) is 5.91 Å². The van der Waals surface area contributed by atoms with E-state index in [0.717, 1.165) is 11.1 Å². The highest BCUT2D eigenvalue weighted by Gasteiger charge is 2.17. The average molecular weight is 461 g/mol. The Morgan fingerprint density at radius 2 is 1.19 bits per heavy atom. The zero-order valence-electron chi connectivity index (χ0n) is 16.8. The highest BCUT2D eigenvalue weighted by Crippen LogP contribution is 2.28. The molecular weight excluding hydrogens is 443 g/mol. The average Bonchev–Trinajstić information content (AvgIpc) is 2.81. The van der Waals surface area contributed by atoms with E-state index in [0.29, 0.717) is 32.5 Å². The Morgan fingerprint density at radius 3 is 1.94 bits per heavy atom. The van der Waals surface area contributed by atoms with Crippen molar-refractivity contribution in [2.45, 2.75) is 0 Å². The minimum absolute atomic E-state index is 0.309. The second-order valence-electron chi connectivity index (χ2n) is 6.99. The van der Waals surface area contributed by atoms with Crippen LogP contribution in [0, 0.1) is 0 Å². The summed E-state index contributed by atoms with van der Waals surface area (Å²) in [7, 11) is 0. The number of hydrogen-bond donors (Lipinski definition) is 2. The molecule has 0 aliphatic heterocycles. The molecule has 0 saturated carbocycles. The lowest BCUT2D eigenvalue weighted by molar-refractivity contribution is 0.102. The number of amides is 2. The van der Waals surface area contributed by atoms with Gasteiger partial charge in [0.25, 0.3) is 11.8 Å². The summed E-state index contributed by atoms with van der Waals surface area (Å²) in [6.07, 6.45) is 0. The van der Waals surface area contributed by atoms with Crippen LogP contribution in [0.15, 0.2) is 97.1 Å². The summed E-state index contributed by atoms with van der Waals surface area (Å²) >= 11 is 12.1. The molecule has 158 valence electrons. The van der Waals surface area contributed by atoms with Gasteiger partial charge in [0.2, 0.25) is 0 Å². The molecule has 0 bridgehead atoms. The molecule has 2 amide bonds. The van der Waals surface area contributed by atoms with Crippen LogP contribution in [0.25, 0.3) is 11.1 Å². The number of benzene rings is 4. The SMILES string of the molecule is O=C(Nc1ccc(Cl)cc1Cl)c1ccccc1NC(=O)c1ccccc1-c1ccccc1. The zero-order valence-corrected chi connectivity index (χ0v) is 18.3. The lowest BCUT2D eigenvalue weighted by Gasteiger charge is -2.14. The molecule has 0 heterocycles. The third-order valence-corrected chi connectivity index (χ3v) is 5.40. The first-order valence-electron chi connectivity index (χ1n) is 9.84. The normalized spacial score (nSPS) is 10.4. The smallest absolute Gasteiger partial charge is 0.257 e. The monoisotopic (exact) mass is 460 g/mol. The van der Waals surface area contributed by atoms with Gasteiger partial charge < -0.3 is 10.6 Å². The summed E-state index contributed by atoms with van der Waals surface area (Å²) in [6.45, 7) is 0. The highest BCUT2D eigenvalue weighted by atomic mass is 35.5. The lowest BCUT2D eigenvalue weighted by atomic mass is 9.99. The molecule has 0 radical (unpaired) electrons. The van der Waals surface area contributed by atoms with E-state index in [1.807, 2.05) is 48.5 Å². The van der Waals surface area contributed by atoms with Crippen molar-refractivity contribution in [1.29, 1.82) is 0 Å². The summed E-state index contributed by atoms with van der Waals surface area (Å²) in [5, 5.41) is 6.43. The highest BCUT2D eigenvalue weighted by molar-refractivity contribution is 6.37. The number of nitrogens with one attached hydrogen (secondary N) is 2. The van der Waals surface area contributed by atoms with Crippen LogP contribution in [0.5, 0.6) is 0 Å². The van der Waals surface area contributed by atoms with Gasteiger partial charge in [0.05, 0.1) is 22.0 Å². The maximum atomic E-state index is 13.2. The minimum atomic E-state index is -0.401. The summed E-state index contributed by atoms with van der Waals surface area (Å²) in [5.41, 5.74) is 3.38. The standard InChI is InChI=1S/C26H18Cl2N2O2/c27-18-14-15-24(22(28)16-18)30-26(32)21-12-6-7-13-23(21)29-25(31)20-11-5-4-10-19(20)17-8-2-1-3-9-17/h1-16H,(H,29,31)(H,30,32). The fourth-order valence-electron chi connectivity index (χ4n) is 3.31. The van der Waals surface area contributed by atoms with E-state index >= 15 is 0 Å². The number of para-hydroxylation sites is 1. The topological polar surface area (TPSA) is 58.2 Å². The zero-order chi connectivity index (χ0) is 22.5. The van der Waals surface area contributed by atoms with E-state index in [2.05, 4.69) is 10.6 Å². The van der Waals surface area contributed by atoms with Crippen molar-refractivity contribution < 1.29 is 9.59 Å². The van der Waals surface area contributed by atoms with Crippen LogP contribution in [0.1, 0.15) is 20.7 Å². The lowest BCUT2D eigenvalue weighted by Crippen LogP contribution is -2.19. The number of halogens is 2. The van der Waals surface area contributed by atoms with Gasteiger partial charge in [0.1, 0.15) is 0 Å². The van der Waals surface area contributed by atoms with Crippen molar-refractivity contribution in [2.75, 3.05) is 10.6 Å². The van der Waals surface area contributed by atoms with Crippen molar-refractivity contribution in [2.24, 2.45) is 0 Å². The molecule has 2 N–H and O–H groups in total. The Bertz CT molecular complexity index is 1290. The largest absolute Gasteiger partial charge is 0.321 e. The predicted octanol–water partition coefficient (Wildman–Crippen LogP) is 7.17. The second-order valence-corrected chi connectivity index (χ2v) is 7.83. The molecule has 4 nitrogen and oxygen atoms in total. The van der Waals surface area contributed by atoms with Crippen molar-refractivity contribution in [3.8, 4) is 11.1 Å². The molecule has 32 heavy (non-hydrogen) atoms.